The highest BCUT2D eigenvalue weighted by molar-refractivity contribution is 5.97. The molecule has 0 saturated carbocycles. The maximum atomic E-state index is 12.0. The van der Waals surface area contributed by atoms with Crippen molar-refractivity contribution in [2.45, 2.75) is 19.3 Å². The highest BCUT2D eigenvalue weighted by Gasteiger charge is 2.24. The average molecular weight is 267 g/mol. The SMILES string of the molecule is CCC1CNC(=O)c2cc(Oc3ccccc3)ccc21. The summed E-state index contributed by atoms with van der Waals surface area (Å²) in [7, 11) is 0. The molecule has 1 N–H and O–H groups in total. The largest absolute Gasteiger partial charge is 0.457 e. The van der Waals surface area contributed by atoms with Gasteiger partial charge in [-0.2, -0.15) is 0 Å². The average Bonchev–Trinajstić information content (AvgIpc) is 2.49. The van der Waals surface area contributed by atoms with Crippen LogP contribution in [0, 0.1) is 0 Å². The molecule has 0 radical (unpaired) electrons. The lowest BCUT2D eigenvalue weighted by molar-refractivity contribution is 0.0939. The van der Waals surface area contributed by atoms with Gasteiger partial charge in [-0.05, 0) is 36.2 Å². The van der Waals surface area contributed by atoms with Crippen molar-refractivity contribution >= 4 is 5.91 Å². The van der Waals surface area contributed by atoms with E-state index < -0.39 is 0 Å². The molecule has 3 nitrogen and oxygen atoms in total. The molecule has 3 rings (SSSR count). The first kappa shape index (κ1) is 12.7. The lowest BCUT2D eigenvalue weighted by Crippen LogP contribution is -2.34. The van der Waals surface area contributed by atoms with Crippen LogP contribution >= 0.6 is 0 Å². The minimum absolute atomic E-state index is 0.0109. The Morgan fingerprint density at radius 1 is 1.15 bits per heavy atom. The molecular formula is C17H17NO2. The van der Waals surface area contributed by atoms with Crippen molar-refractivity contribution in [3.8, 4) is 11.5 Å². The van der Waals surface area contributed by atoms with Crippen molar-refractivity contribution in [3.63, 3.8) is 0 Å². The van der Waals surface area contributed by atoms with Crippen LogP contribution in [0.3, 0.4) is 0 Å². The number of amides is 1. The molecule has 2 aromatic carbocycles. The molecule has 0 aromatic heterocycles. The summed E-state index contributed by atoms with van der Waals surface area (Å²) in [5.74, 6) is 1.86. The van der Waals surface area contributed by atoms with Gasteiger partial charge in [0.15, 0.2) is 0 Å². The number of nitrogens with one attached hydrogen (secondary N) is 1. The van der Waals surface area contributed by atoms with Gasteiger partial charge in [0.25, 0.3) is 5.91 Å². The first-order valence-electron chi connectivity index (χ1n) is 6.93. The Kier molecular flexibility index (Phi) is 3.42. The zero-order valence-electron chi connectivity index (χ0n) is 11.4. The third kappa shape index (κ3) is 2.39. The van der Waals surface area contributed by atoms with E-state index in [1.54, 1.807) is 0 Å². The fourth-order valence-electron chi connectivity index (χ4n) is 2.56. The van der Waals surface area contributed by atoms with E-state index in [9.17, 15) is 4.79 Å². The molecule has 20 heavy (non-hydrogen) atoms. The summed E-state index contributed by atoms with van der Waals surface area (Å²) >= 11 is 0. The van der Waals surface area contributed by atoms with Crippen LogP contribution in [0.2, 0.25) is 0 Å². The van der Waals surface area contributed by atoms with E-state index in [4.69, 9.17) is 4.74 Å². The third-order valence-electron chi connectivity index (χ3n) is 3.69. The Labute approximate surface area is 118 Å². The molecule has 0 bridgehead atoms. The molecule has 0 aliphatic carbocycles. The van der Waals surface area contributed by atoms with Gasteiger partial charge in [0, 0.05) is 18.0 Å². The molecule has 3 heteroatoms. The summed E-state index contributed by atoms with van der Waals surface area (Å²) in [5.41, 5.74) is 1.85. The minimum Gasteiger partial charge on any atom is -0.457 e. The zero-order valence-corrected chi connectivity index (χ0v) is 11.4. The van der Waals surface area contributed by atoms with Gasteiger partial charge in [-0.3, -0.25) is 4.79 Å². The van der Waals surface area contributed by atoms with E-state index in [0.29, 0.717) is 11.7 Å². The summed E-state index contributed by atoms with van der Waals surface area (Å²) in [6, 6.07) is 15.4. The summed E-state index contributed by atoms with van der Waals surface area (Å²) in [5, 5.41) is 2.94. The number of benzene rings is 2. The maximum Gasteiger partial charge on any atom is 0.251 e. The predicted molar refractivity (Wildman–Crippen MR) is 78.3 cm³/mol. The molecule has 0 saturated heterocycles. The summed E-state index contributed by atoms with van der Waals surface area (Å²) < 4.78 is 5.78. The van der Waals surface area contributed by atoms with E-state index in [1.165, 1.54) is 0 Å². The van der Waals surface area contributed by atoms with Crippen LogP contribution in [0.4, 0.5) is 0 Å². The first-order valence-corrected chi connectivity index (χ1v) is 6.93. The van der Waals surface area contributed by atoms with Gasteiger partial charge < -0.3 is 10.1 Å². The molecular weight excluding hydrogens is 250 g/mol. The number of rotatable bonds is 3. The Morgan fingerprint density at radius 3 is 2.70 bits per heavy atom. The van der Waals surface area contributed by atoms with Crippen molar-refractivity contribution in [1.29, 1.82) is 0 Å². The highest BCUT2D eigenvalue weighted by Crippen LogP contribution is 2.31. The van der Waals surface area contributed by atoms with E-state index in [0.717, 1.165) is 29.8 Å². The topological polar surface area (TPSA) is 38.3 Å². The number of hydrogen-bond donors (Lipinski definition) is 1. The summed E-state index contributed by atoms with van der Waals surface area (Å²) in [4.78, 5) is 12.0. The standard InChI is InChI=1S/C17H17NO2/c1-2-12-11-18-17(19)16-10-14(8-9-15(12)16)20-13-6-4-3-5-7-13/h3-10,12H,2,11H2,1H3,(H,18,19). The molecule has 1 aliphatic heterocycles. The maximum absolute atomic E-state index is 12.0. The van der Waals surface area contributed by atoms with E-state index in [-0.39, 0.29) is 5.91 Å². The van der Waals surface area contributed by atoms with Gasteiger partial charge in [-0.25, -0.2) is 0 Å². The van der Waals surface area contributed by atoms with Crippen LogP contribution in [-0.2, 0) is 0 Å². The van der Waals surface area contributed by atoms with Crippen LogP contribution in [0.1, 0.15) is 35.2 Å². The van der Waals surface area contributed by atoms with Crippen molar-refractivity contribution < 1.29 is 9.53 Å². The van der Waals surface area contributed by atoms with E-state index in [2.05, 4.69) is 12.2 Å². The first-order chi connectivity index (χ1) is 9.78. The Morgan fingerprint density at radius 2 is 1.95 bits per heavy atom. The molecule has 1 aliphatic rings. The van der Waals surface area contributed by atoms with Crippen molar-refractivity contribution in [2.24, 2.45) is 0 Å². The Hall–Kier alpha value is -2.29. The monoisotopic (exact) mass is 267 g/mol. The fraction of sp³-hybridized carbons (Fsp3) is 0.235. The van der Waals surface area contributed by atoms with Crippen LogP contribution in [0.15, 0.2) is 48.5 Å². The van der Waals surface area contributed by atoms with Crippen molar-refractivity contribution in [1.82, 2.24) is 5.32 Å². The Bertz CT molecular complexity index is 622. The number of carbonyl (C=O) groups excluding carboxylic acids is 1. The number of hydrogen-bond acceptors (Lipinski definition) is 2. The van der Waals surface area contributed by atoms with Gasteiger partial charge in [0.2, 0.25) is 0 Å². The van der Waals surface area contributed by atoms with Gasteiger partial charge in [-0.15, -0.1) is 0 Å². The number of fused-ring (bicyclic) bond motifs is 1. The van der Waals surface area contributed by atoms with Crippen LogP contribution < -0.4 is 10.1 Å². The third-order valence-corrected chi connectivity index (χ3v) is 3.69. The molecule has 1 atom stereocenters. The number of para-hydroxylation sites is 1. The molecule has 1 unspecified atom stereocenters. The minimum atomic E-state index is -0.0109. The lowest BCUT2D eigenvalue weighted by Gasteiger charge is -2.25. The van der Waals surface area contributed by atoms with Gasteiger partial charge in [0.1, 0.15) is 11.5 Å². The molecule has 2 aromatic rings. The van der Waals surface area contributed by atoms with E-state index in [1.807, 2.05) is 48.5 Å². The van der Waals surface area contributed by atoms with Gasteiger partial charge >= 0.3 is 0 Å². The normalized spacial score (nSPS) is 17.2. The Balaban J connectivity index is 1.92. The molecule has 102 valence electrons. The quantitative estimate of drug-likeness (QED) is 0.920. The highest BCUT2D eigenvalue weighted by atomic mass is 16.5. The zero-order chi connectivity index (χ0) is 13.9. The molecule has 0 fully saturated rings. The smallest absolute Gasteiger partial charge is 0.251 e. The predicted octanol–water partition coefficient (Wildman–Crippen LogP) is 3.72. The fourth-order valence-corrected chi connectivity index (χ4v) is 2.56. The molecule has 1 amide bonds. The van der Waals surface area contributed by atoms with Crippen LogP contribution in [-0.4, -0.2) is 12.5 Å². The second kappa shape index (κ2) is 5.37. The summed E-state index contributed by atoms with van der Waals surface area (Å²) in [6.45, 7) is 2.86. The van der Waals surface area contributed by atoms with Crippen molar-refractivity contribution in [2.75, 3.05) is 6.54 Å². The second-order valence-corrected chi connectivity index (χ2v) is 4.98. The number of ether oxygens (including phenoxy) is 1. The van der Waals surface area contributed by atoms with Crippen LogP contribution in [0.5, 0.6) is 11.5 Å². The van der Waals surface area contributed by atoms with Crippen LogP contribution in [0.25, 0.3) is 0 Å². The number of carbonyl (C=O) groups is 1. The van der Waals surface area contributed by atoms with Crippen molar-refractivity contribution in [3.05, 3.63) is 59.7 Å². The van der Waals surface area contributed by atoms with Gasteiger partial charge in [0.05, 0.1) is 0 Å². The summed E-state index contributed by atoms with van der Waals surface area (Å²) in [6.07, 6.45) is 1.02. The lowest BCUT2D eigenvalue weighted by atomic mass is 9.88. The second-order valence-electron chi connectivity index (χ2n) is 4.98. The molecule has 1 heterocycles. The van der Waals surface area contributed by atoms with E-state index >= 15 is 0 Å². The van der Waals surface area contributed by atoms with Gasteiger partial charge in [-0.1, -0.05) is 31.2 Å². The molecule has 0 spiro atoms.